The maximum absolute atomic E-state index is 11.7. The predicted molar refractivity (Wildman–Crippen MR) is 85.4 cm³/mol. The van der Waals surface area contributed by atoms with Crippen molar-refractivity contribution in [2.45, 2.75) is 26.3 Å². The lowest BCUT2D eigenvalue weighted by atomic mass is 10.2. The van der Waals surface area contributed by atoms with E-state index >= 15 is 0 Å². The molecule has 0 aromatic carbocycles. The zero-order valence-electron chi connectivity index (χ0n) is 13.8. The largest absolute Gasteiger partial charge is 0.424 e. The Labute approximate surface area is 134 Å². The van der Waals surface area contributed by atoms with Crippen molar-refractivity contribution in [2.75, 3.05) is 31.1 Å². The van der Waals surface area contributed by atoms with E-state index in [4.69, 9.17) is 4.42 Å². The van der Waals surface area contributed by atoms with Crippen molar-refractivity contribution in [3.8, 4) is 0 Å². The van der Waals surface area contributed by atoms with Crippen LogP contribution in [0.25, 0.3) is 0 Å². The Hall–Kier alpha value is -2.22. The van der Waals surface area contributed by atoms with Crippen LogP contribution >= 0.6 is 0 Å². The molecule has 23 heavy (non-hydrogen) atoms. The molecule has 8 nitrogen and oxygen atoms in total. The normalized spacial score (nSPS) is 16.3. The van der Waals surface area contributed by atoms with Crippen molar-refractivity contribution in [3.63, 3.8) is 0 Å². The van der Waals surface area contributed by atoms with Crippen molar-refractivity contribution >= 4 is 5.69 Å². The van der Waals surface area contributed by atoms with Crippen molar-refractivity contribution in [1.29, 1.82) is 0 Å². The highest BCUT2D eigenvalue weighted by atomic mass is 16.4. The summed E-state index contributed by atoms with van der Waals surface area (Å²) >= 11 is 0. The van der Waals surface area contributed by atoms with Crippen LogP contribution in [0.4, 0.5) is 5.69 Å². The van der Waals surface area contributed by atoms with Crippen molar-refractivity contribution < 1.29 is 4.42 Å². The Balaban J connectivity index is 1.57. The van der Waals surface area contributed by atoms with Crippen LogP contribution < -0.4 is 10.5 Å². The molecule has 1 aliphatic rings. The Morgan fingerprint density at radius 2 is 1.96 bits per heavy atom. The second-order valence-electron chi connectivity index (χ2n) is 6.13. The van der Waals surface area contributed by atoms with Crippen molar-refractivity contribution in [1.82, 2.24) is 24.9 Å². The van der Waals surface area contributed by atoms with E-state index in [0.717, 1.165) is 31.9 Å². The van der Waals surface area contributed by atoms with Gasteiger partial charge in [0, 0.05) is 45.2 Å². The highest BCUT2D eigenvalue weighted by molar-refractivity contribution is 5.43. The molecule has 124 valence electrons. The van der Waals surface area contributed by atoms with E-state index in [9.17, 15) is 4.79 Å². The summed E-state index contributed by atoms with van der Waals surface area (Å²) in [4.78, 5) is 16.1. The van der Waals surface area contributed by atoms with Gasteiger partial charge in [-0.25, -0.2) is 4.68 Å². The molecule has 2 aromatic rings. The molecular formula is C15H22N6O2. The molecule has 0 amide bonds. The first-order chi connectivity index (χ1) is 11.0. The number of hydrogen-bond donors (Lipinski definition) is 0. The number of aromatic nitrogens is 4. The SMILES string of the molecule is CC(C)c1nnc(CN2CCN(c3cnn(C)c(=O)c3)CC2)o1. The minimum atomic E-state index is -0.0861. The van der Waals surface area contributed by atoms with E-state index < -0.39 is 0 Å². The molecule has 0 N–H and O–H groups in total. The van der Waals surface area contributed by atoms with Crippen LogP contribution in [0.1, 0.15) is 31.5 Å². The molecule has 2 aromatic heterocycles. The zero-order valence-corrected chi connectivity index (χ0v) is 13.8. The maximum atomic E-state index is 11.7. The van der Waals surface area contributed by atoms with Gasteiger partial charge in [0.1, 0.15) is 0 Å². The summed E-state index contributed by atoms with van der Waals surface area (Å²) in [7, 11) is 1.65. The van der Waals surface area contributed by atoms with Gasteiger partial charge < -0.3 is 9.32 Å². The molecule has 1 aliphatic heterocycles. The molecule has 0 radical (unpaired) electrons. The van der Waals surface area contributed by atoms with Crippen molar-refractivity contribution in [3.05, 3.63) is 34.4 Å². The van der Waals surface area contributed by atoms with Crippen LogP contribution in [0.5, 0.6) is 0 Å². The molecule has 8 heteroatoms. The van der Waals surface area contributed by atoms with Crippen LogP contribution in [0, 0.1) is 0 Å². The van der Waals surface area contributed by atoms with Gasteiger partial charge >= 0.3 is 0 Å². The van der Waals surface area contributed by atoms with E-state index in [2.05, 4.69) is 25.1 Å². The highest BCUT2D eigenvalue weighted by Crippen LogP contribution is 2.16. The average Bonchev–Trinajstić information content (AvgIpc) is 3.00. The van der Waals surface area contributed by atoms with Crippen LogP contribution in [-0.2, 0) is 13.6 Å². The first kappa shape index (κ1) is 15.7. The molecule has 3 rings (SSSR count). The molecule has 1 fully saturated rings. The van der Waals surface area contributed by atoms with Gasteiger partial charge in [-0.2, -0.15) is 5.10 Å². The van der Waals surface area contributed by atoms with Crippen LogP contribution in [-0.4, -0.2) is 51.1 Å². The van der Waals surface area contributed by atoms with E-state index in [1.54, 1.807) is 19.3 Å². The van der Waals surface area contributed by atoms with Gasteiger partial charge in [0.15, 0.2) is 0 Å². The van der Waals surface area contributed by atoms with Gasteiger partial charge in [-0.05, 0) is 0 Å². The van der Waals surface area contributed by atoms with Gasteiger partial charge in [0.2, 0.25) is 11.8 Å². The summed E-state index contributed by atoms with van der Waals surface area (Å²) in [6.45, 7) is 8.20. The summed E-state index contributed by atoms with van der Waals surface area (Å²) in [5.74, 6) is 1.60. The summed E-state index contributed by atoms with van der Waals surface area (Å²) in [5.41, 5.74) is 0.796. The molecule has 0 atom stereocenters. The number of aryl methyl sites for hydroxylation is 1. The zero-order chi connectivity index (χ0) is 16.4. The first-order valence-corrected chi connectivity index (χ1v) is 7.86. The Kier molecular flexibility index (Phi) is 4.42. The lowest BCUT2D eigenvalue weighted by molar-refractivity contribution is 0.223. The van der Waals surface area contributed by atoms with E-state index in [-0.39, 0.29) is 11.5 Å². The summed E-state index contributed by atoms with van der Waals surface area (Å²) in [6, 6.07) is 1.63. The van der Waals surface area contributed by atoms with Crippen LogP contribution in [0.3, 0.4) is 0 Å². The molecule has 0 bridgehead atoms. The Morgan fingerprint density at radius 1 is 1.22 bits per heavy atom. The Bertz CT molecular complexity index is 715. The summed E-state index contributed by atoms with van der Waals surface area (Å²) in [5, 5.41) is 12.2. The number of piperazine rings is 1. The minimum Gasteiger partial charge on any atom is -0.424 e. The van der Waals surface area contributed by atoms with E-state index in [0.29, 0.717) is 18.3 Å². The highest BCUT2D eigenvalue weighted by Gasteiger charge is 2.20. The lowest BCUT2D eigenvalue weighted by Gasteiger charge is -2.35. The third-order valence-electron chi connectivity index (χ3n) is 4.03. The standard InChI is InChI=1S/C15H22N6O2/c1-11(2)15-18-17-13(23-15)10-20-4-6-21(7-5-20)12-8-14(22)19(3)16-9-12/h8-9,11H,4-7,10H2,1-3H3. The van der Waals surface area contributed by atoms with Crippen LogP contribution in [0.2, 0.25) is 0 Å². The molecular weight excluding hydrogens is 296 g/mol. The summed E-state index contributed by atoms with van der Waals surface area (Å²) < 4.78 is 6.99. The van der Waals surface area contributed by atoms with Gasteiger partial charge in [0.05, 0.1) is 18.4 Å². The van der Waals surface area contributed by atoms with E-state index in [1.807, 2.05) is 13.8 Å². The fourth-order valence-electron chi connectivity index (χ4n) is 2.55. The average molecular weight is 318 g/mol. The van der Waals surface area contributed by atoms with Gasteiger partial charge in [0.25, 0.3) is 5.56 Å². The fourth-order valence-corrected chi connectivity index (χ4v) is 2.55. The number of hydrogen-bond acceptors (Lipinski definition) is 7. The predicted octanol–water partition coefficient (Wildman–Crippen LogP) is 0.609. The molecule has 0 saturated carbocycles. The number of anilines is 1. The molecule has 0 spiro atoms. The van der Waals surface area contributed by atoms with Gasteiger partial charge in [-0.15, -0.1) is 10.2 Å². The smallest absolute Gasteiger partial charge is 0.268 e. The monoisotopic (exact) mass is 318 g/mol. The van der Waals surface area contributed by atoms with Gasteiger partial charge in [-0.1, -0.05) is 13.8 Å². The van der Waals surface area contributed by atoms with E-state index in [1.165, 1.54) is 4.68 Å². The minimum absolute atomic E-state index is 0.0861. The van der Waals surface area contributed by atoms with Crippen LogP contribution in [0.15, 0.2) is 21.5 Å². The maximum Gasteiger partial charge on any atom is 0.268 e. The first-order valence-electron chi connectivity index (χ1n) is 7.86. The lowest BCUT2D eigenvalue weighted by Crippen LogP contribution is -2.46. The number of rotatable bonds is 4. The number of nitrogens with zero attached hydrogens (tertiary/aromatic N) is 6. The molecule has 0 unspecified atom stereocenters. The molecule has 1 saturated heterocycles. The summed E-state index contributed by atoms with van der Waals surface area (Å²) in [6.07, 6.45) is 1.74. The Morgan fingerprint density at radius 3 is 2.57 bits per heavy atom. The second-order valence-corrected chi connectivity index (χ2v) is 6.13. The second kappa shape index (κ2) is 6.49. The van der Waals surface area contributed by atoms with Gasteiger partial charge in [-0.3, -0.25) is 9.69 Å². The van der Waals surface area contributed by atoms with Crippen molar-refractivity contribution in [2.24, 2.45) is 7.05 Å². The molecule has 0 aliphatic carbocycles. The fraction of sp³-hybridized carbons (Fsp3) is 0.600. The third-order valence-corrected chi connectivity index (χ3v) is 4.03. The topological polar surface area (TPSA) is 80.3 Å². The molecule has 3 heterocycles. The quantitative estimate of drug-likeness (QED) is 0.817. The third kappa shape index (κ3) is 3.58.